The van der Waals surface area contributed by atoms with Crippen LogP contribution in [0.15, 0.2) is 0 Å². The van der Waals surface area contributed by atoms with Crippen molar-refractivity contribution in [2.24, 2.45) is 0 Å². The fraction of sp³-hybridized carbons (Fsp3) is 0.700. The van der Waals surface area contributed by atoms with Crippen LogP contribution in [0.3, 0.4) is 0 Å². The molecule has 0 saturated carbocycles. The third-order valence-electron chi connectivity index (χ3n) is 2.33. The topological polar surface area (TPSA) is 17.8 Å². The molecule has 0 fully saturated rings. The number of aryl methyl sites for hydroxylation is 2. The molecule has 0 spiro atoms. The number of nitrogens with zero attached hydrogens (tertiary/aromatic N) is 2. The van der Waals surface area contributed by atoms with Gasteiger partial charge < -0.3 is 4.57 Å². The standard InChI is InChI=1S/C10H18N2/c1-5-9-10(6-2)12(7-3)8(4)11-9/h5-7H2,1-4H3. The number of imidazole rings is 1. The normalized spacial score (nSPS) is 10.7. The van der Waals surface area contributed by atoms with Crippen LogP contribution < -0.4 is 0 Å². The molecule has 0 aliphatic heterocycles. The molecule has 1 aromatic heterocycles. The van der Waals surface area contributed by atoms with Crippen molar-refractivity contribution < 1.29 is 0 Å². The first-order valence-electron chi connectivity index (χ1n) is 4.79. The summed E-state index contributed by atoms with van der Waals surface area (Å²) in [6.45, 7) is 9.67. The van der Waals surface area contributed by atoms with E-state index in [1.54, 1.807) is 0 Å². The lowest BCUT2D eigenvalue weighted by Gasteiger charge is -2.05. The Morgan fingerprint density at radius 1 is 1.17 bits per heavy atom. The second kappa shape index (κ2) is 3.74. The van der Waals surface area contributed by atoms with Gasteiger partial charge in [0, 0.05) is 12.2 Å². The predicted molar refractivity (Wildman–Crippen MR) is 51.4 cm³/mol. The summed E-state index contributed by atoms with van der Waals surface area (Å²) in [6, 6.07) is 0. The second-order valence-electron chi connectivity index (χ2n) is 3.00. The van der Waals surface area contributed by atoms with Crippen LogP contribution in [0.1, 0.15) is 38.0 Å². The zero-order valence-electron chi connectivity index (χ0n) is 8.52. The van der Waals surface area contributed by atoms with Gasteiger partial charge in [0.2, 0.25) is 0 Å². The number of hydrogen-bond acceptors (Lipinski definition) is 1. The number of hydrogen-bond donors (Lipinski definition) is 0. The van der Waals surface area contributed by atoms with E-state index in [2.05, 4.69) is 37.2 Å². The van der Waals surface area contributed by atoms with Gasteiger partial charge in [-0.1, -0.05) is 13.8 Å². The van der Waals surface area contributed by atoms with Crippen LogP contribution in [-0.4, -0.2) is 9.55 Å². The molecule has 2 heteroatoms. The molecule has 0 aliphatic rings. The minimum Gasteiger partial charge on any atom is -0.332 e. The third-order valence-corrected chi connectivity index (χ3v) is 2.33. The molecule has 0 radical (unpaired) electrons. The highest BCUT2D eigenvalue weighted by Crippen LogP contribution is 2.12. The molecule has 2 nitrogen and oxygen atoms in total. The van der Waals surface area contributed by atoms with E-state index in [9.17, 15) is 0 Å². The molecular weight excluding hydrogens is 148 g/mol. The Morgan fingerprint density at radius 3 is 2.25 bits per heavy atom. The van der Waals surface area contributed by atoms with Gasteiger partial charge in [-0.15, -0.1) is 0 Å². The summed E-state index contributed by atoms with van der Waals surface area (Å²) in [4.78, 5) is 4.53. The van der Waals surface area contributed by atoms with Crippen LogP contribution in [0.5, 0.6) is 0 Å². The van der Waals surface area contributed by atoms with Crippen LogP contribution >= 0.6 is 0 Å². The molecule has 1 rings (SSSR count). The molecule has 68 valence electrons. The molecule has 0 bridgehead atoms. The Bertz CT molecular complexity index is 261. The van der Waals surface area contributed by atoms with E-state index in [4.69, 9.17) is 0 Å². The van der Waals surface area contributed by atoms with Crippen LogP contribution in [0.2, 0.25) is 0 Å². The van der Waals surface area contributed by atoms with Gasteiger partial charge in [0.25, 0.3) is 0 Å². The van der Waals surface area contributed by atoms with Crippen molar-refractivity contribution >= 4 is 0 Å². The summed E-state index contributed by atoms with van der Waals surface area (Å²) in [5, 5.41) is 0. The van der Waals surface area contributed by atoms with Gasteiger partial charge in [-0.2, -0.15) is 0 Å². The number of aromatic nitrogens is 2. The van der Waals surface area contributed by atoms with Gasteiger partial charge >= 0.3 is 0 Å². The predicted octanol–water partition coefficient (Wildman–Crippen LogP) is 2.34. The quantitative estimate of drug-likeness (QED) is 0.674. The van der Waals surface area contributed by atoms with E-state index in [0.717, 1.165) is 25.2 Å². The monoisotopic (exact) mass is 166 g/mol. The molecule has 0 unspecified atom stereocenters. The lowest BCUT2D eigenvalue weighted by molar-refractivity contribution is 0.690. The summed E-state index contributed by atoms with van der Waals surface area (Å²) >= 11 is 0. The van der Waals surface area contributed by atoms with Crippen LogP contribution in [0.25, 0.3) is 0 Å². The maximum atomic E-state index is 4.53. The zero-order valence-corrected chi connectivity index (χ0v) is 8.52. The number of rotatable bonds is 3. The van der Waals surface area contributed by atoms with Crippen molar-refractivity contribution in [1.29, 1.82) is 0 Å². The highest BCUT2D eigenvalue weighted by Gasteiger charge is 2.09. The van der Waals surface area contributed by atoms with Crippen LogP contribution in [0, 0.1) is 6.92 Å². The molecule has 0 N–H and O–H groups in total. The first kappa shape index (κ1) is 9.30. The molecule has 1 heterocycles. The first-order valence-corrected chi connectivity index (χ1v) is 4.79. The lowest BCUT2D eigenvalue weighted by atomic mass is 10.2. The van der Waals surface area contributed by atoms with Crippen molar-refractivity contribution in [3.05, 3.63) is 17.2 Å². The maximum Gasteiger partial charge on any atom is 0.106 e. The minimum atomic E-state index is 1.04. The van der Waals surface area contributed by atoms with Crippen molar-refractivity contribution in [2.75, 3.05) is 0 Å². The zero-order chi connectivity index (χ0) is 9.14. The Balaban J connectivity index is 3.16. The van der Waals surface area contributed by atoms with Crippen molar-refractivity contribution in [1.82, 2.24) is 9.55 Å². The molecular formula is C10H18N2. The van der Waals surface area contributed by atoms with Gasteiger partial charge in [0.1, 0.15) is 5.82 Å². The van der Waals surface area contributed by atoms with E-state index in [1.807, 2.05) is 0 Å². The maximum absolute atomic E-state index is 4.53. The van der Waals surface area contributed by atoms with Gasteiger partial charge in [-0.3, -0.25) is 0 Å². The van der Waals surface area contributed by atoms with Gasteiger partial charge in [-0.25, -0.2) is 4.98 Å². The minimum absolute atomic E-state index is 1.04. The van der Waals surface area contributed by atoms with Crippen molar-refractivity contribution in [2.45, 2.75) is 47.1 Å². The molecule has 0 saturated heterocycles. The molecule has 12 heavy (non-hydrogen) atoms. The fourth-order valence-electron chi connectivity index (χ4n) is 1.77. The fourth-order valence-corrected chi connectivity index (χ4v) is 1.77. The van der Waals surface area contributed by atoms with E-state index in [1.165, 1.54) is 11.4 Å². The average Bonchev–Trinajstić information content (AvgIpc) is 2.40. The van der Waals surface area contributed by atoms with Crippen LogP contribution in [0.4, 0.5) is 0 Å². The highest BCUT2D eigenvalue weighted by atomic mass is 15.1. The van der Waals surface area contributed by atoms with E-state index in [-0.39, 0.29) is 0 Å². The molecule has 1 aromatic rings. The van der Waals surface area contributed by atoms with Crippen molar-refractivity contribution in [3.63, 3.8) is 0 Å². The first-order chi connectivity index (χ1) is 5.74. The van der Waals surface area contributed by atoms with Crippen LogP contribution in [-0.2, 0) is 19.4 Å². The Kier molecular flexibility index (Phi) is 2.90. The second-order valence-corrected chi connectivity index (χ2v) is 3.00. The molecule has 0 atom stereocenters. The Morgan fingerprint density at radius 2 is 1.83 bits per heavy atom. The molecule has 0 amide bonds. The summed E-state index contributed by atoms with van der Waals surface area (Å²) < 4.78 is 2.30. The van der Waals surface area contributed by atoms with E-state index in [0.29, 0.717) is 0 Å². The highest BCUT2D eigenvalue weighted by molar-refractivity contribution is 5.16. The summed E-state index contributed by atoms with van der Waals surface area (Å²) in [7, 11) is 0. The summed E-state index contributed by atoms with van der Waals surface area (Å²) in [5.74, 6) is 1.16. The van der Waals surface area contributed by atoms with Gasteiger partial charge in [0.15, 0.2) is 0 Å². The Labute approximate surface area is 74.6 Å². The van der Waals surface area contributed by atoms with Gasteiger partial charge in [0.05, 0.1) is 5.69 Å². The summed E-state index contributed by atoms with van der Waals surface area (Å²) in [6.07, 6.45) is 2.15. The third kappa shape index (κ3) is 1.38. The smallest absolute Gasteiger partial charge is 0.106 e. The lowest BCUT2D eigenvalue weighted by Crippen LogP contribution is -2.02. The molecule has 0 aliphatic carbocycles. The summed E-state index contributed by atoms with van der Waals surface area (Å²) in [5.41, 5.74) is 2.69. The van der Waals surface area contributed by atoms with E-state index >= 15 is 0 Å². The van der Waals surface area contributed by atoms with Crippen molar-refractivity contribution in [3.8, 4) is 0 Å². The molecule has 0 aromatic carbocycles. The largest absolute Gasteiger partial charge is 0.332 e. The SMILES string of the molecule is CCc1nc(C)n(CC)c1CC. The average molecular weight is 166 g/mol. The van der Waals surface area contributed by atoms with E-state index < -0.39 is 0 Å². The Hall–Kier alpha value is -0.790. The van der Waals surface area contributed by atoms with Gasteiger partial charge in [-0.05, 0) is 26.7 Å².